The van der Waals surface area contributed by atoms with E-state index >= 15 is 0 Å². The Balaban J connectivity index is 1.49. The lowest BCUT2D eigenvalue weighted by Crippen LogP contribution is -1.99. The first-order valence-corrected chi connectivity index (χ1v) is 16.9. The number of carbonyl (C=O) groups excluding carboxylic acids is 1. The van der Waals surface area contributed by atoms with Crippen molar-refractivity contribution >= 4 is 23.6 Å². The molecule has 2 aromatic rings. The molecule has 0 saturated heterocycles. The van der Waals surface area contributed by atoms with Gasteiger partial charge in [0.15, 0.2) is 5.78 Å². The highest BCUT2D eigenvalue weighted by Gasteiger charge is 2.03. The third kappa shape index (κ3) is 16.6. The maximum absolute atomic E-state index is 12.6. The minimum Gasteiger partial charge on any atom is -0.494 e. The zero-order chi connectivity index (χ0) is 27.8. The summed E-state index contributed by atoms with van der Waals surface area (Å²) in [5.74, 6) is 2.02. The zero-order valence-electron chi connectivity index (χ0n) is 24.9. The fourth-order valence-corrected chi connectivity index (χ4v) is 5.65. The van der Waals surface area contributed by atoms with E-state index in [-0.39, 0.29) is 5.78 Å². The van der Waals surface area contributed by atoms with E-state index in [0.717, 1.165) is 30.1 Å². The first-order valence-electron chi connectivity index (χ1n) is 15.9. The fourth-order valence-electron chi connectivity index (χ4n) is 4.66. The van der Waals surface area contributed by atoms with Crippen molar-refractivity contribution < 1.29 is 9.53 Å². The molecule has 0 aliphatic heterocycles. The summed E-state index contributed by atoms with van der Waals surface area (Å²) in [6, 6.07) is 16.0. The molecule has 2 aromatic carbocycles. The van der Waals surface area contributed by atoms with Crippen LogP contribution in [0, 0.1) is 0 Å². The molecular formula is C36H54O2S. The highest BCUT2D eigenvalue weighted by atomic mass is 32.2. The van der Waals surface area contributed by atoms with Crippen LogP contribution in [-0.4, -0.2) is 18.1 Å². The Morgan fingerprint density at radius 1 is 0.641 bits per heavy atom. The topological polar surface area (TPSA) is 26.3 Å². The monoisotopic (exact) mass is 550 g/mol. The Kier molecular flexibility index (Phi) is 19.4. The molecule has 216 valence electrons. The molecule has 0 aliphatic carbocycles. The van der Waals surface area contributed by atoms with Gasteiger partial charge in [-0.1, -0.05) is 128 Å². The number of carbonyl (C=O) groups is 1. The van der Waals surface area contributed by atoms with Gasteiger partial charge in [0.05, 0.1) is 6.61 Å². The summed E-state index contributed by atoms with van der Waals surface area (Å²) in [5.41, 5.74) is 1.74. The third-order valence-electron chi connectivity index (χ3n) is 7.23. The van der Waals surface area contributed by atoms with Crippen LogP contribution in [-0.2, 0) is 0 Å². The van der Waals surface area contributed by atoms with Gasteiger partial charge in [0, 0.05) is 10.5 Å². The molecule has 0 aromatic heterocycles. The Morgan fingerprint density at radius 3 is 1.69 bits per heavy atom. The third-order valence-corrected chi connectivity index (χ3v) is 8.33. The summed E-state index contributed by atoms with van der Waals surface area (Å²) in [6.45, 7) is 5.25. The molecule has 0 spiro atoms. The summed E-state index contributed by atoms with van der Waals surface area (Å²) in [5, 5.41) is 0. The maximum atomic E-state index is 12.6. The van der Waals surface area contributed by atoms with Gasteiger partial charge in [-0.05, 0) is 66.6 Å². The second-order valence-corrected chi connectivity index (χ2v) is 12.0. The summed E-state index contributed by atoms with van der Waals surface area (Å²) < 4.78 is 5.90. The van der Waals surface area contributed by atoms with E-state index < -0.39 is 0 Å². The van der Waals surface area contributed by atoms with Gasteiger partial charge in [-0.3, -0.25) is 4.79 Å². The van der Waals surface area contributed by atoms with Gasteiger partial charge in [0.1, 0.15) is 5.75 Å². The van der Waals surface area contributed by atoms with Crippen molar-refractivity contribution in [3.8, 4) is 5.75 Å². The smallest absolute Gasteiger partial charge is 0.185 e. The van der Waals surface area contributed by atoms with Crippen molar-refractivity contribution in [3.63, 3.8) is 0 Å². The lowest BCUT2D eigenvalue weighted by molar-refractivity contribution is 0.104. The summed E-state index contributed by atoms with van der Waals surface area (Å²) >= 11 is 1.89. The van der Waals surface area contributed by atoms with Crippen molar-refractivity contribution in [2.45, 2.75) is 128 Å². The van der Waals surface area contributed by atoms with E-state index in [0.29, 0.717) is 5.56 Å². The first-order chi connectivity index (χ1) is 19.2. The van der Waals surface area contributed by atoms with Crippen LogP contribution in [0.3, 0.4) is 0 Å². The van der Waals surface area contributed by atoms with Crippen LogP contribution < -0.4 is 4.74 Å². The maximum Gasteiger partial charge on any atom is 0.185 e. The number of hydrogen-bond donors (Lipinski definition) is 0. The average Bonchev–Trinajstić information content (AvgIpc) is 2.97. The summed E-state index contributed by atoms with van der Waals surface area (Å²) in [4.78, 5) is 13.8. The second-order valence-electron chi connectivity index (χ2n) is 10.8. The van der Waals surface area contributed by atoms with Crippen molar-refractivity contribution in [1.82, 2.24) is 0 Å². The number of ether oxygens (including phenoxy) is 1. The number of unbranched alkanes of at least 4 members (excludes halogenated alkanes) is 15. The molecule has 0 unspecified atom stereocenters. The zero-order valence-corrected chi connectivity index (χ0v) is 25.7. The largest absolute Gasteiger partial charge is 0.494 e. The Hall–Kier alpha value is -2.00. The Morgan fingerprint density at radius 2 is 1.15 bits per heavy atom. The van der Waals surface area contributed by atoms with E-state index in [1.165, 1.54) is 108 Å². The highest BCUT2D eigenvalue weighted by Crippen LogP contribution is 2.21. The van der Waals surface area contributed by atoms with Gasteiger partial charge >= 0.3 is 0 Å². The first kappa shape index (κ1) is 33.2. The van der Waals surface area contributed by atoms with Crippen LogP contribution in [0.15, 0.2) is 59.5 Å². The molecule has 2 nitrogen and oxygen atoms in total. The predicted molar refractivity (Wildman–Crippen MR) is 172 cm³/mol. The number of ketones is 1. The molecule has 0 heterocycles. The molecule has 2 rings (SSSR count). The molecular weight excluding hydrogens is 496 g/mol. The van der Waals surface area contributed by atoms with Crippen LogP contribution in [0.25, 0.3) is 6.08 Å². The van der Waals surface area contributed by atoms with Gasteiger partial charge < -0.3 is 4.74 Å². The van der Waals surface area contributed by atoms with Crippen LogP contribution >= 0.6 is 11.8 Å². The second kappa shape index (κ2) is 22.8. The van der Waals surface area contributed by atoms with Gasteiger partial charge in [0.2, 0.25) is 0 Å². The van der Waals surface area contributed by atoms with Crippen molar-refractivity contribution in [2.75, 3.05) is 12.4 Å². The van der Waals surface area contributed by atoms with E-state index in [9.17, 15) is 4.79 Å². The SMILES string of the molecule is CCCCCCCCCCCCCCCCCOc1ccc(C(=O)/C=C/c2ccc(SCCCC)cc2)cc1. The van der Waals surface area contributed by atoms with Crippen molar-refractivity contribution in [1.29, 1.82) is 0 Å². The fraction of sp³-hybridized carbons (Fsp3) is 0.583. The van der Waals surface area contributed by atoms with E-state index in [1.807, 2.05) is 42.1 Å². The van der Waals surface area contributed by atoms with Crippen LogP contribution in [0.1, 0.15) is 139 Å². The molecule has 3 heteroatoms. The normalized spacial score (nSPS) is 11.3. The highest BCUT2D eigenvalue weighted by molar-refractivity contribution is 7.99. The molecule has 0 amide bonds. The molecule has 0 atom stereocenters. The summed E-state index contributed by atoms with van der Waals surface area (Å²) in [6.07, 6.45) is 26.6. The molecule has 39 heavy (non-hydrogen) atoms. The van der Waals surface area contributed by atoms with Gasteiger partial charge in [0.25, 0.3) is 0 Å². The van der Waals surface area contributed by atoms with Crippen molar-refractivity contribution in [2.24, 2.45) is 0 Å². The molecule has 0 aliphatic rings. The summed E-state index contributed by atoms with van der Waals surface area (Å²) in [7, 11) is 0. The number of allylic oxidation sites excluding steroid dienone is 1. The number of benzene rings is 2. The molecule has 0 bridgehead atoms. The standard InChI is InChI=1S/C36H54O2S/c1-3-5-7-8-9-10-11-12-13-14-15-16-17-18-19-30-38-34-25-23-33(24-26-34)36(37)29-22-32-20-27-35(28-21-32)39-31-6-4-2/h20-29H,3-19,30-31H2,1-2H3/b29-22+. The lowest BCUT2D eigenvalue weighted by Gasteiger charge is -2.07. The van der Waals surface area contributed by atoms with Crippen molar-refractivity contribution in [3.05, 3.63) is 65.7 Å². The van der Waals surface area contributed by atoms with Crippen LogP contribution in [0.5, 0.6) is 5.75 Å². The minimum atomic E-state index is 0.0188. The quantitative estimate of drug-likeness (QED) is 0.0562. The van der Waals surface area contributed by atoms with Crippen LogP contribution in [0.2, 0.25) is 0 Å². The average molecular weight is 551 g/mol. The predicted octanol–water partition coefficient (Wildman–Crippen LogP) is 11.7. The minimum absolute atomic E-state index is 0.0188. The van der Waals surface area contributed by atoms with Gasteiger partial charge in [-0.2, -0.15) is 0 Å². The molecule has 0 fully saturated rings. The van der Waals surface area contributed by atoms with Gasteiger partial charge in [-0.15, -0.1) is 11.8 Å². The molecule has 0 saturated carbocycles. The molecule has 0 N–H and O–H groups in total. The van der Waals surface area contributed by atoms with E-state index in [4.69, 9.17) is 4.74 Å². The van der Waals surface area contributed by atoms with Crippen LogP contribution in [0.4, 0.5) is 0 Å². The molecule has 0 radical (unpaired) electrons. The number of rotatable bonds is 24. The number of hydrogen-bond acceptors (Lipinski definition) is 3. The van der Waals surface area contributed by atoms with E-state index in [1.54, 1.807) is 6.08 Å². The Bertz CT molecular complexity index is 885. The lowest BCUT2D eigenvalue weighted by atomic mass is 10.0. The number of thioether (sulfide) groups is 1. The Labute approximate surface area is 244 Å². The van der Waals surface area contributed by atoms with Gasteiger partial charge in [-0.25, -0.2) is 0 Å². The van der Waals surface area contributed by atoms with E-state index in [2.05, 4.69) is 38.1 Å².